The predicted molar refractivity (Wildman–Crippen MR) is 166 cm³/mol. The summed E-state index contributed by atoms with van der Waals surface area (Å²) in [5.74, 6) is -0.965. The van der Waals surface area contributed by atoms with Gasteiger partial charge in [0.25, 0.3) is 0 Å². The number of carbonyl (C=O) groups excluding carboxylic acids is 2. The molecule has 12 heteroatoms. The van der Waals surface area contributed by atoms with E-state index in [0.29, 0.717) is 0 Å². The Morgan fingerprint density at radius 1 is 0.900 bits per heavy atom. The second-order valence-corrected chi connectivity index (χ2v) is 13.6. The molecule has 0 saturated heterocycles. The smallest absolute Gasteiger partial charge is 0.244 e. The van der Waals surface area contributed by atoms with Crippen LogP contribution in [0.1, 0.15) is 25.0 Å². The van der Waals surface area contributed by atoms with E-state index in [2.05, 4.69) is 21.2 Å². The number of nitrogens with zero attached hydrogens (tertiary/aromatic N) is 2. The maximum atomic E-state index is 14.1. The van der Waals surface area contributed by atoms with Crippen LogP contribution in [-0.4, -0.2) is 50.0 Å². The second kappa shape index (κ2) is 14.0. The van der Waals surface area contributed by atoms with E-state index in [0.717, 1.165) is 26.2 Å². The molecule has 7 nitrogen and oxygen atoms in total. The van der Waals surface area contributed by atoms with Gasteiger partial charge in [-0.15, -0.1) is 0 Å². The molecule has 0 fully saturated rings. The highest BCUT2D eigenvalue weighted by molar-refractivity contribution is 9.10. The average molecular weight is 690 g/mol. The number of halogens is 4. The number of amides is 2. The Labute approximate surface area is 258 Å². The fraction of sp³-hybridized carbons (Fsp3) is 0.286. The van der Waals surface area contributed by atoms with Crippen LogP contribution in [0.15, 0.2) is 71.2 Å². The molecule has 3 aromatic rings. The van der Waals surface area contributed by atoms with Gasteiger partial charge in [0.2, 0.25) is 21.8 Å². The van der Waals surface area contributed by atoms with Crippen molar-refractivity contribution in [2.45, 2.75) is 38.9 Å². The molecule has 3 aromatic carbocycles. The minimum atomic E-state index is -4.01. The minimum absolute atomic E-state index is 0.000522. The first-order valence-corrected chi connectivity index (χ1v) is 16.0. The average Bonchev–Trinajstić information content (AvgIpc) is 2.86. The Kier molecular flexibility index (Phi) is 11.3. The number of hydrogen-bond acceptors (Lipinski definition) is 4. The van der Waals surface area contributed by atoms with Gasteiger partial charge in [0.05, 0.1) is 27.0 Å². The monoisotopic (exact) mass is 687 g/mol. The fourth-order valence-electron chi connectivity index (χ4n) is 4.06. The fourth-order valence-corrected chi connectivity index (χ4v) is 6.06. The lowest BCUT2D eigenvalue weighted by atomic mass is 10.0. The zero-order chi connectivity index (χ0) is 29.6. The molecule has 0 aliphatic heterocycles. The summed E-state index contributed by atoms with van der Waals surface area (Å²) in [7, 11) is -4.01. The van der Waals surface area contributed by atoms with E-state index in [4.69, 9.17) is 34.8 Å². The minimum Gasteiger partial charge on any atom is -0.352 e. The molecular formula is C28H29BrCl3N3O4S. The third-order valence-electron chi connectivity index (χ3n) is 5.88. The van der Waals surface area contributed by atoms with Crippen LogP contribution in [-0.2, 0) is 32.6 Å². The van der Waals surface area contributed by atoms with E-state index in [1.54, 1.807) is 0 Å². The molecule has 3 rings (SSSR count). The Bertz CT molecular complexity index is 1470. The van der Waals surface area contributed by atoms with Gasteiger partial charge in [0.1, 0.15) is 12.6 Å². The molecule has 0 radical (unpaired) electrons. The van der Waals surface area contributed by atoms with Crippen molar-refractivity contribution in [3.63, 3.8) is 0 Å². The number of benzene rings is 3. The summed E-state index contributed by atoms with van der Waals surface area (Å²) in [6.07, 6.45) is 1.18. The largest absolute Gasteiger partial charge is 0.352 e. The predicted octanol–water partition coefficient (Wildman–Crippen LogP) is 6.34. The number of hydrogen-bond donors (Lipinski definition) is 1. The van der Waals surface area contributed by atoms with Crippen LogP contribution in [0.3, 0.4) is 0 Å². The van der Waals surface area contributed by atoms with Crippen LogP contribution in [0.25, 0.3) is 0 Å². The third kappa shape index (κ3) is 8.85. The van der Waals surface area contributed by atoms with Gasteiger partial charge >= 0.3 is 0 Å². The molecular weight excluding hydrogens is 661 g/mol. The van der Waals surface area contributed by atoms with Crippen LogP contribution in [0.5, 0.6) is 0 Å². The van der Waals surface area contributed by atoms with Crippen molar-refractivity contribution < 1.29 is 18.0 Å². The summed E-state index contributed by atoms with van der Waals surface area (Å²) >= 11 is 22.0. The van der Waals surface area contributed by atoms with Crippen LogP contribution in [0, 0.1) is 0 Å². The van der Waals surface area contributed by atoms with Crippen LogP contribution in [0.2, 0.25) is 15.1 Å². The summed E-state index contributed by atoms with van der Waals surface area (Å²) in [6.45, 7) is 3.09. The molecule has 0 spiro atoms. The standard InChI is InChI=1S/C28H29BrCl3N3O4S/c1-18(2)33-28(37)26(13-19-8-5-4-6-9-19)34(16-20-10-7-11-21(29)12-20)27(36)17-35(40(3,38)39)25-15-23(31)22(30)14-24(25)32/h4-12,14-15,18,26H,13,16-17H2,1-3H3,(H,33,37). The Balaban J connectivity index is 2.10. The van der Waals surface area contributed by atoms with E-state index < -0.39 is 28.5 Å². The van der Waals surface area contributed by atoms with Gasteiger partial charge in [-0.25, -0.2) is 8.42 Å². The zero-order valence-corrected chi connectivity index (χ0v) is 26.7. The SMILES string of the molecule is CC(C)NC(=O)C(Cc1ccccc1)N(Cc1cccc(Br)c1)C(=O)CN(c1cc(Cl)c(Cl)cc1Cl)S(C)(=O)=O. The molecule has 214 valence electrons. The first-order valence-electron chi connectivity index (χ1n) is 12.3. The van der Waals surface area contributed by atoms with Crippen molar-refractivity contribution in [3.8, 4) is 0 Å². The highest BCUT2D eigenvalue weighted by Gasteiger charge is 2.34. The summed E-state index contributed by atoms with van der Waals surface area (Å²) in [6, 6.07) is 18.1. The molecule has 0 bridgehead atoms. The number of sulfonamides is 1. The molecule has 1 N–H and O–H groups in total. The first kappa shape index (κ1) is 32.2. The lowest BCUT2D eigenvalue weighted by Gasteiger charge is -2.34. The van der Waals surface area contributed by atoms with Crippen molar-refractivity contribution in [3.05, 3.63) is 97.4 Å². The maximum Gasteiger partial charge on any atom is 0.244 e. The van der Waals surface area contributed by atoms with Gasteiger partial charge < -0.3 is 10.2 Å². The van der Waals surface area contributed by atoms with Gasteiger partial charge in [0.15, 0.2) is 0 Å². The second-order valence-electron chi connectivity index (χ2n) is 9.51. The number of rotatable bonds is 11. The molecule has 2 amide bonds. The van der Waals surface area contributed by atoms with Crippen molar-refractivity contribution in [1.29, 1.82) is 0 Å². The van der Waals surface area contributed by atoms with E-state index in [-0.39, 0.29) is 45.7 Å². The van der Waals surface area contributed by atoms with Crippen molar-refractivity contribution in [1.82, 2.24) is 10.2 Å². The topological polar surface area (TPSA) is 86.8 Å². The van der Waals surface area contributed by atoms with Gasteiger partial charge in [-0.3, -0.25) is 13.9 Å². The molecule has 40 heavy (non-hydrogen) atoms. The quantitative estimate of drug-likeness (QED) is 0.238. The molecule has 0 aliphatic carbocycles. The molecule has 1 atom stereocenters. The van der Waals surface area contributed by atoms with Gasteiger partial charge in [-0.1, -0.05) is 93.2 Å². The zero-order valence-electron chi connectivity index (χ0n) is 22.1. The Morgan fingerprint density at radius 3 is 2.12 bits per heavy atom. The summed E-state index contributed by atoms with van der Waals surface area (Å²) in [5.41, 5.74) is 1.59. The molecule has 0 aliphatic rings. The molecule has 1 unspecified atom stereocenters. The maximum absolute atomic E-state index is 14.1. The Hall–Kier alpha value is -2.30. The lowest BCUT2D eigenvalue weighted by Crippen LogP contribution is -2.54. The highest BCUT2D eigenvalue weighted by atomic mass is 79.9. The van der Waals surface area contributed by atoms with Crippen molar-refractivity contribution in [2.75, 3.05) is 17.1 Å². The number of nitrogens with one attached hydrogen (secondary N) is 1. The van der Waals surface area contributed by atoms with Gasteiger partial charge in [-0.05, 0) is 49.2 Å². The van der Waals surface area contributed by atoms with E-state index in [9.17, 15) is 18.0 Å². The lowest BCUT2D eigenvalue weighted by molar-refractivity contribution is -0.140. The van der Waals surface area contributed by atoms with Crippen LogP contribution < -0.4 is 9.62 Å². The number of anilines is 1. The molecule has 0 aromatic heterocycles. The molecule has 0 saturated carbocycles. The Morgan fingerprint density at radius 2 is 1.52 bits per heavy atom. The normalized spacial score (nSPS) is 12.2. The summed E-state index contributed by atoms with van der Waals surface area (Å²) in [4.78, 5) is 29.0. The summed E-state index contributed by atoms with van der Waals surface area (Å²) < 4.78 is 27.5. The van der Waals surface area contributed by atoms with Gasteiger partial charge in [0, 0.05) is 23.5 Å². The van der Waals surface area contributed by atoms with Crippen molar-refractivity contribution >= 4 is 78.3 Å². The van der Waals surface area contributed by atoms with Gasteiger partial charge in [-0.2, -0.15) is 0 Å². The third-order valence-corrected chi connectivity index (χ3v) is 8.53. The van der Waals surface area contributed by atoms with Crippen molar-refractivity contribution in [2.24, 2.45) is 0 Å². The highest BCUT2D eigenvalue weighted by Crippen LogP contribution is 2.35. The van der Waals surface area contributed by atoms with Crippen LogP contribution >= 0.6 is 50.7 Å². The number of carbonyl (C=O) groups is 2. The van der Waals surface area contributed by atoms with E-state index in [1.807, 2.05) is 68.4 Å². The van der Waals surface area contributed by atoms with E-state index >= 15 is 0 Å². The van der Waals surface area contributed by atoms with E-state index in [1.165, 1.54) is 17.0 Å². The van der Waals surface area contributed by atoms with Crippen LogP contribution in [0.4, 0.5) is 5.69 Å². The summed E-state index contributed by atoms with van der Waals surface area (Å²) in [5, 5.41) is 3.12. The molecule has 0 heterocycles. The first-order chi connectivity index (χ1) is 18.8.